The number of aromatic amines is 1. The maximum atomic E-state index is 14.2. The first-order chi connectivity index (χ1) is 20.9. The number of fused-ring (bicyclic) bond motifs is 3. The van der Waals surface area contributed by atoms with Crippen LogP contribution in [0.3, 0.4) is 0 Å². The van der Waals surface area contributed by atoms with Gasteiger partial charge in [-0.3, -0.25) is 10.1 Å². The number of halogens is 1. The van der Waals surface area contributed by atoms with E-state index in [1.165, 1.54) is 6.07 Å². The number of piperidine rings is 1. The lowest BCUT2D eigenvalue weighted by molar-refractivity contribution is 0.126. The predicted octanol–water partition coefficient (Wildman–Crippen LogP) is 6.06. The fourth-order valence-corrected chi connectivity index (χ4v) is 6.38. The summed E-state index contributed by atoms with van der Waals surface area (Å²) in [5.41, 5.74) is 4.99. The Balaban J connectivity index is 1.08. The van der Waals surface area contributed by atoms with Gasteiger partial charge >= 0.3 is 12.1 Å². The fraction of sp³-hybridized carbons (Fsp3) is 0.273. The lowest BCUT2D eigenvalue weighted by Gasteiger charge is -2.40. The van der Waals surface area contributed by atoms with E-state index in [9.17, 15) is 14.0 Å². The zero-order valence-corrected chi connectivity index (χ0v) is 23.8. The molecule has 0 saturated carbocycles. The number of anilines is 1. The minimum absolute atomic E-state index is 0.0388. The van der Waals surface area contributed by atoms with E-state index in [0.717, 1.165) is 44.1 Å². The number of pyridine rings is 1. The molecule has 218 valence electrons. The summed E-state index contributed by atoms with van der Waals surface area (Å²) in [7, 11) is 0. The molecule has 0 aliphatic carbocycles. The molecule has 5 aromatic rings. The van der Waals surface area contributed by atoms with Gasteiger partial charge in [0, 0.05) is 42.6 Å². The molecule has 1 atom stereocenters. The maximum absolute atomic E-state index is 14.2. The van der Waals surface area contributed by atoms with Gasteiger partial charge in [-0.25, -0.2) is 14.0 Å². The third-order valence-corrected chi connectivity index (χ3v) is 8.68. The minimum Gasteiger partial charge on any atom is -0.329 e. The van der Waals surface area contributed by atoms with Crippen molar-refractivity contribution in [1.29, 1.82) is 0 Å². The SMILES string of the molecule is Cc1cc(CC(NC(=O)N2CCC(N3Cc4cccc(F)c4NC3=O)CC2)c2cc3ccccc3cn2)cc2cn[nH]c12. The van der Waals surface area contributed by atoms with Crippen LogP contribution < -0.4 is 10.6 Å². The number of nitrogens with one attached hydrogen (secondary N) is 3. The summed E-state index contributed by atoms with van der Waals surface area (Å²) in [6, 6.07) is 18.3. The van der Waals surface area contributed by atoms with Gasteiger partial charge in [-0.15, -0.1) is 0 Å². The lowest BCUT2D eigenvalue weighted by Crippen LogP contribution is -2.53. The zero-order chi connectivity index (χ0) is 29.5. The number of benzene rings is 3. The second-order valence-electron chi connectivity index (χ2n) is 11.5. The van der Waals surface area contributed by atoms with Crippen LogP contribution in [-0.4, -0.2) is 56.2 Å². The van der Waals surface area contributed by atoms with Crippen LogP contribution >= 0.6 is 0 Å². The van der Waals surface area contributed by atoms with Crippen molar-refractivity contribution in [1.82, 2.24) is 30.3 Å². The first-order valence-corrected chi connectivity index (χ1v) is 14.6. The minimum atomic E-state index is -0.424. The Morgan fingerprint density at radius 3 is 2.70 bits per heavy atom. The Hall–Kier alpha value is -4.99. The van der Waals surface area contributed by atoms with Crippen molar-refractivity contribution in [3.63, 3.8) is 0 Å². The molecule has 0 bridgehead atoms. The van der Waals surface area contributed by atoms with Gasteiger partial charge in [0.1, 0.15) is 5.82 Å². The molecule has 1 saturated heterocycles. The number of aryl methyl sites for hydroxylation is 1. The standard InChI is InChI=1S/C33H32FN7O2/c1-20-13-21(14-25-18-36-39-30(20)25)15-29(28-16-22-5-2-3-6-23(22)17-35-28)37-32(42)40-11-9-26(10-12-40)41-19-24-7-4-8-27(34)31(24)38-33(41)43/h2-8,13-14,16-18,26,29H,9-12,15,19H2,1H3,(H,36,39)(H,37,42)(H,38,43). The van der Waals surface area contributed by atoms with Crippen LogP contribution in [0.2, 0.25) is 0 Å². The molecule has 10 heteroatoms. The number of H-pyrrole nitrogens is 1. The topological polar surface area (TPSA) is 106 Å². The number of nitrogens with zero attached hydrogens (tertiary/aromatic N) is 4. The van der Waals surface area contributed by atoms with Gasteiger partial charge in [-0.05, 0) is 66.5 Å². The molecule has 0 spiro atoms. The molecule has 3 aromatic carbocycles. The van der Waals surface area contributed by atoms with E-state index in [4.69, 9.17) is 4.98 Å². The number of hydrogen-bond acceptors (Lipinski definition) is 4. The number of aromatic nitrogens is 3. The molecule has 1 unspecified atom stereocenters. The first kappa shape index (κ1) is 26.9. The summed E-state index contributed by atoms with van der Waals surface area (Å²) in [4.78, 5) is 34.8. The van der Waals surface area contributed by atoms with Gasteiger partial charge in [0.15, 0.2) is 0 Å². The molecule has 2 aromatic heterocycles. The number of urea groups is 2. The van der Waals surface area contributed by atoms with E-state index in [-0.39, 0.29) is 29.8 Å². The molecular weight excluding hydrogens is 545 g/mol. The Kier molecular flexibility index (Phi) is 6.89. The van der Waals surface area contributed by atoms with E-state index in [1.807, 2.05) is 54.5 Å². The third kappa shape index (κ3) is 5.24. The van der Waals surface area contributed by atoms with E-state index < -0.39 is 5.82 Å². The highest BCUT2D eigenvalue weighted by Crippen LogP contribution is 2.30. The summed E-state index contributed by atoms with van der Waals surface area (Å²) >= 11 is 0. The van der Waals surface area contributed by atoms with Gasteiger partial charge in [0.05, 0.1) is 29.1 Å². The van der Waals surface area contributed by atoms with Crippen molar-refractivity contribution in [2.75, 3.05) is 18.4 Å². The highest BCUT2D eigenvalue weighted by Gasteiger charge is 2.34. The Labute approximate surface area is 248 Å². The van der Waals surface area contributed by atoms with E-state index in [0.29, 0.717) is 38.9 Å². The van der Waals surface area contributed by atoms with Crippen LogP contribution in [0.1, 0.15) is 41.3 Å². The first-order valence-electron chi connectivity index (χ1n) is 14.6. The average Bonchev–Trinajstić information content (AvgIpc) is 3.50. The molecule has 4 heterocycles. The lowest BCUT2D eigenvalue weighted by atomic mass is 9.98. The van der Waals surface area contributed by atoms with Gasteiger partial charge in [0.25, 0.3) is 0 Å². The smallest absolute Gasteiger partial charge is 0.322 e. The van der Waals surface area contributed by atoms with Crippen LogP contribution in [-0.2, 0) is 13.0 Å². The van der Waals surface area contributed by atoms with Crippen LogP contribution in [0.15, 0.2) is 73.1 Å². The number of carbonyl (C=O) groups excluding carboxylic acids is 2. The van der Waals surface area contributed by atoms with Crippen LogP contribution in [0.4, 0.5) is 19.7 Å². The van der Waals surface area contributed by atoms with Crippen LogP contribution in [0, 0.1) is 12.7 Å². The largest absolute Gasteiger partial charge is 0.329 e. The van der Waals surface area contributed by atoms with E-state index in [2.05, 4.69) is 39.0 Å². The second-order valence-corrected chi connectivity index (χ2v) is 11.5. The number of likely N-dealkylation sites (tertiary alicyclic amines) is 1. The number of hydrogen-bond donors (Lipinski definition) is 3. The van der Waals surface area contributed by atoms with Gasteiger partial charge < -0.3 is 20.4 Å². The second kappa shape index (κ2) is 11.0. The number of para-hydroxylation sites is 1. The van der Waals surface area contributed by atoms with Crippen molar-refractivity contribution in [3.8, 4) is 0 Å². The molecule has 4 amide bonds. The Morgan fingerprint density at radius 1 is 1.05 bits per heavy atom. The molecule has 3 N–H and O–H groups in total. The zero-order valence-electron chi connectivity index (χ0n) is 23.8. The van der Waals surface area contributed by atoms with Crippen molar-refractivity contribution in [2.45, 2.75) is 44.8 Å². The van der Waals surface area contributed by atoms with Crippen molar-refractivity contribution < 1.29 is 14.0 Å². The molecule has 2 aliphatic heterocycles. The summed E-state index contributed by atoms with van der Waals surface area (Å²) < 4.78 is 14.2. The highest BCUT2D eigenvalue weighted by molar-refractivity contribution is 5.92. The normalized spacial score (nSPS) is 16.3. The van der Waals surface area contributed by atoms with E-state index in [1.54, 1.807) is 11.0 Å². The molecule has 2 aliphatic rings. The third-order valence-electron chi connectivity index (χ3n) is 8.68. The van der Waals surface area contributed by atoms with Crippen molar-refractivity contribution in [3.05, 3.63) is 101 Å². The Morgan fingerprint density at radius 2 is 1.86 bits per heavy atom. The maximum Gasteiger partial charge on any atom is 0.322 e. The molecule has 0 radical (unpaired) electrons. The number of rotatable bonds is 5. The number of carbonyl (C=O) groups is 2. The van der Waals surface area contributed by atoms with E-state index >= 15 is 0 Å². The van der Waals surface area contributed by atoms with Gasteiger partial charge in [-0.2, -0.15) is 5.10 Å². The summed E-state index contributed by atoms with van der Waals surface area (Å²) in [6.07, 6.45) is 5.52. The highest BCUT2D eigenvalue weighted by atomic mass is 19.1. The van der Waals surface area contributed by atoms with Gasteiger partial charge in [-0.1, -0.05) is 42.5 Å². The predicted molar refractivity (Wildman–Crippen MR) is 163 cm³/mol. The van der Waals surface area contributed by atoms with Crippen LogP contribution in [0.25, 0.3) is 21.7 Å². The van der Waals surface area contributed by atoms with Crippen molar-refractivity contribution in [2.24, 2.45) is 0 Å². The molecule has 9 nitrogen and oxygen atoms in total. The van der Waals surface area contributed by atoms with Gasteiger partial charge in [0.2, 0.25) is 0 Å². The van der Waals surface area contributed by atoms with Crippen LogP contribution in [0.5, 0.6) is 0 Å². The Bertz CT molecular complexity index is 1850. The molecule has 1 fully saturated rings. The summed E-state index contributed by atoms with van der Waals surface area (Å²) in [6.45, 7) is 3.42. The average molecular weight is 578 g/mol. The molecule has 43 heavy (non-hydrogen) atoms. The summed E-state index contributed by atoms with van der Waals surface area (Å²) in [5.74, 6) is -0.424. The molecule has 7 rings (SSSR count). The summed E-state index contributed by atoms with van der Waals surface area (Å²) in [5, 5.41) is 16.3. The monoisotopic (exact) mass is 577 g/mol. The quantitative estimate of drug-likeness (QED) is 0.236. The molecular formula is C33H32FN7O2. The van der Waals surface area contributed by atoms with Crippen molar-refractivity contribution >= 4 is 39.4 Å². The number of amides is 4. The fourth-order valence-electron chi connectivity index (χ4n) is 6.38.